The van der Waals surface area contributed by atoms with Gasteiger partial charge in [-0.2, -0.15) is 4.31 Å². The van der Waals surface area contributed by atoms with Crippen molar-refractivity contribution >= 4 is 37.5 Å². The molecule has 7 nitrogen and oxygen atoms in total. The molecular formula is C23H20N4O3S. The molecule has 1 aliphatic heterocycles. The first-order chi connectivity index (χ1) is 15.0. The summed E-state index contributed by atoms with van der Waals surface area (Å²) >= 11 is 0. The van der Waals surface area contributed by atoms with Crippen molar-refractivity contribution in [3.05, 3.63) is 76.2 Å². The van der Waals surface area contributed by atoms with Crippen LogP contribution in [0.25, 0.3) is 21.7 Å². The quantitative estimate of drug-likeness (QED) is 0.443. The SMILES string of the molecule is O=c1[nH]c2ccc(S(=O)(=O)N3CCN(c4ccccn4)CC3)c3c2c2c(cccc12)C3. The summed E-state index contributed by atoms with van der Waals surface area (Å²) in [6.45, 7) is 2.00. The zero-order valence-electron chi connectivity index (χ0n) is 16.7. The predicted molar refractivity (Wildman–Crippen MR) is 120 cm³/mol. The number of pyridine rings is 2. The number of hydrogen-bond donors (Lipinski definition) is 1. The first-order valence-corrected chi connectivity index (χ1v) is 11.7. The maximum atomic E-state index is 13.6. The number of nitrogens with zero attached hydrogens (tertiary/aromatic N) is 3. The Morgan fingerprint density at radius 1 is 0.903 bits per heavy atom. The number of sulfonamides is 1. The van der Waals surface area contributed by atoms with Crippen molar-refractivity contribution in [2.45, 2.75) is 11.3 Å². The Bertz CT molecular complexity index is 1510. The molecule has 3 heterocycles. The van der Waals surface area contributed by atoms with Gasteiger partial charge in [-0.1, -0.05) is 18.2 Å². The minimum atomic E-state index is -3.66. The van der Waals surface area contributed by atoms with Gasteiger partial charge in [0.25, 0.3) is 5.56 Å². The Morgan fingerprint density at radius 3 is 2.52 bits per heavy atom. The number of piperazine rings is 1. The third-order valence-corrected chi connectivity index (χ3v) is 8.34. The van der Waals surface area contributed by atoms with E-state index in [1.807, 2.05) is 30.3 Å². The molecule has 6 rings (SSSR count). The van der Waals surface area contributed by atoms with Crippen molar-refractivity contribution in [2.75, 3.05) is 31.1 Å². The molecule has 2 aromatic heterocycles. The fourth-order valence-electron chi connectivity index (χ4n) is 4.89. The molecule has 0 atom stereocenters. The highest BCUT2D eigenvalue weighted by Crippen LogP contribution is 2.39. The van der Waals surface area contributed by atoms with Gasteiger partial charge in [0, 0.05) is 60.5 Å². The minimum Gasteiger partial charge on any atom is -0.354 e. The van der Waals surface area contributed by atoms with E-state index in [4.69, 9.17) is 0 Å². The molecule has 0 bridgehead atoms. The van der Waals surface area contributed by atoms with Gasteiger partial charge in [0.2, 0.25) is 10.0 Å². The van der Waals surface area contributed by atoms with Crippen molar-refractivity contribution in [3.63, 3.8) is 0 Å². The first kappa shape index (κ1) is 18.5. The van der Waals surface area contributed by atoms with Crippen LogP contribution >= 0.6 is 0 Å². The average Bonchev–Trinajstić information content (AvgIpc) is 3.19. The van der Waals surface area contributed by atoms with Crippen LogP contribution in [0.15, 0.2) is 64.4 Å². The summed E-state index contributed by atoms with van der Waals surface area (Å²) in [5.41, 5.74) is 2.34. The maximum absolute atomic E-state index is 13.6. The predicted octanol–water partition coefficient (Wildman–Crippen LogP) is 2.49. The highest BCUT2D eigenvalue weighted by molar-refractivity contribution is 7.89. The summed E-state index contributed by atoms with van der Waals surface area (Å²) in [7, 11) is -3.66. The Balaban J connectivity index is 1.39. The number of H-pyrrole nitrogens is 1. The number of aromatic nitrogens is 2. The van der Waals surface area contributed by atoms with E-state index in [0.29, 0.717) is 48.4 Å². The monoisotopic (exact) mass is 432 g/mol. The van der Waals surface area contributed by atoms with Gasteiger partial charge >= 0.3 is 0 Å². The number of nitrogens with one attached hydrogen (secondary N) is 1. The van der Waals surface area contributed by atoms with E-state index in [1.54, 1.807) is 28.7 Å². The standard InChI is InChI=1S/C23H20N4O3S/c28-23-16-5-3-4-15-14-17-19(8-7-18(25-23)22(17)21(15)16)31(29,30)27-12-10-26(11-13-27)20-6-1-2-9-24-20/h1-9H,10-14H2,(H,25,28). The Hall–Kier alpha value is -3.23. The van der Waals surface area contributed by atoms with E-state index in [2.05, 4.69) is 14.9 Å². The van der Waals surface area contributed by atoms with E-state index in [0.717, 1.165) is 27.7 Å². The van der Waals surface area contributed by atoms with Gasteiger partial charge in [0.1, 0.15) is 5.82 Å². The topological polar surface area (TPSA) is 86.4 Å². The Labute approximate surface area is 179 Å². The van der Waals surface area contributed by atoms with Crippen molar-refractivity contribution in [2.24, 2.45) is 0 Å². The molecule has 2 aliphatic rings. The molecule has 1 saturated heterocycles. The third-order valence-electron chi connectivity index (χ3n) is 6.36. The first-order valence-electron chi connectivity index (χ1n) is 10.3. The maximum Gasteiger partial charge on any atom is 0.256 e. The average molecular weight is 433 g/mol. The molecule has 0 unspecified atom stereocenters. The van der Waals surface area contributed by atoms with E-state index in [1.165, 1.54) is 0 Å². The zero-order valence-corrected chi connectivity index (χ0v) is 17.5. The number of benzene rings is 2. The fraction of sp³-hybridized carbons (Fsp3) is 0.217. The lowest BCUT2D eigenvalue weighted by Crippen LogP contribution is -2.49. The summed E-state index contributed by atoms with van der Waals surface area (Å²) in [6, 6.07) is 14.7. The van der Waals surface area contributed by atoms with E-state index in [-0.39, 0.29) is 5.56 Å². The van der Waals surface area contributed by atoms with Gasteiger partial charge in [-0.25, -0.2) is 13.4 Å². The van der Waals surface area contributed by atoms with Crippen LogP contribution in [0.3, 0.4) is 0 Å². The van der Waals surface area contributed by atoms with Gasteiger partial charge < -0.3 is 9.88 Å². The smallest absolute Gasteiger partial charge is 0.256 e. The van der Waals surface area contributed by atoms with E-state index >= 15 is 0 Å². The van der Waals surface area contributed by atoms with Crippen LogP contribution in [0.2, 0.25) is 0 Å². The van der Waals surface area contributed by atoms with Crippen molar-refractivity contribution in [3.8, 4) is 0 Å². The summed E-state index contributed by atoms with van der Waals surface area (Å²) in [5.74, 6) is 0.866. The van der Waals surface area contributed by atoms with Crippen LogP contribution in [0, 0.1) is 0 Å². The lowest BCUT2D eigenvalue weighted by Gasteiger charge is -2.35. The van der Waals surface area contributed by atoms with Gasteiger partial charge in [0.05, 0.1) is 4.90 Å². The fourth-order valence-corrected chi connectivity index (χ4v) is 6.53. The Kier molecular flexibility index (Phi) is 3.97. The van der Waals surface area contributed by atoms with Crippen LogP contribution in [0.1, 0.15) is 11.1 Å². The molecular weight excluding hydrogens is 412 g/mol. The summed E-state index contributed by atoms with van der Waals surface area (Å²) < 4.78 is 28.8. The number of rotatable bonds is 3. The molecule has 2 aromatic carbocycles. The molecule has 156 valence electrons. The van der Waals surface area contributed by atoms with Crippen molar-refractivity contribution in [1.29, 1.82) is 0 Å². The second-order valence-electron chi connectivity index (χ2n) is 8.01. The van der Waals surface area contributed by atoms with E-state index in [9.17, 15) is 13.2 Å². The van der Waals surface area contributed by atoms with Crippen molar-refractivity contribution in [1.82, 2.24) is 14.3 Å². The van der Waals surface area contributed by atoms with Crippen LogP contribution in [0.4, 0.5) is 5.82 Å². The van der Waals surface area contributed by atoms with E-state index < -0.39 is 10.0 Å². The van der Waals surface area contributed by atoms with Gasteiger partial charge in [-0.15, -0.1) is 0 Å². The summed E-state index contributed by atoms with van der Waals surface area (Å²) in [6.07, 6.45) is 2.27. The lowest BCUT2D eigenvalue weighted by molar-refractivity contribution is 0.383. The molecule has 1 aliphatic carbocycles. The largest absolute Gasteiger partial charge is 0.354 e. The molecule has 0 radical (unpaired) electrons. The zero-order chi connectivity index (χ0) is 21.2. The number of hydrogen-bond acceptors (Lipinski definition) is 5. The number of anilines is 1. The molecule has 0 saturated carbocycles. The second-order valence-corrected chi connectivity index (χ2v) is 9.92. The molecule has 4 aromatic rings. The van der Waals surface area contributed by atoms with Crippen LogP contribution < -0.4 is 10.5 Å². The van der Waals surface area contributed by atoms with Crippen molar-refractivity contribution < 1.29 is 8.42 Å². The highest BCUT2D eigenvalue weighted by atomic mass is 32.2. The second kappa shape index (κ2) is 6.63. The van der Waals surface area contributed by atoms with Gasteiger partial charge in [-0.3, -0.25) is 4.79 Å². The molecule has 0 spiro atoms. The highest BCUT2D eigenvalue weighted by Gasteiger charge is 2.33. The molecule has 8 heteroatoms. The molecule has 31 heavy (non-hydrogen) atoms. The van der Waals surface area contributed by atoms with Crippen LogP contribution in [-0.4, -0.2) is 48.9 Å². The molecule has 1 N–H and O–H groups in total. The summed E-state index contributed by atoms with van der Waals surface area (Å²) in [4.78, 5) is 22.2. The number of aromatic amines is 1. The minimum absolute atomic E-state index is 0.140. The normalized spacial score (nSPS) is 16.6. The Morgan fingerprint density at radius 2 is 1.74 bits per heavy atom. The molecule has 1 fully saturated rings. The van der Waals surface area contributed by atoms with Gasteiger partial charge in [-0.05, 0) is 41.5 Å². The van der Waals surface area contributed by atoms with Crippen LogP contribution in [-0.2, 0) is 16.4 Å². The summed E-state index contributed by atoms with van der Waals surface area (Å²) in [5, 5.41) is 2.36. The molecule has 0 amide bonds. The van der Waals surface area contributed by atoms with Gasteiger partial charge in [0.15, 0.2) is 0 Å². The lowest BCUT2D eigenvalue weighted by atomic mass is 10.1. The third kappa shape index (κ3) is 2.72. The van der Waals surface area contributed by atoms with Crippen LogP contribution in [0.5, 0.6) is 0 Å².